The van der Waals surface area contributed by atoms with E-state index in [4.69, 9.17) is 0 Å². The molecule has 1 saturated heterocycles. The summed E-state index contributed by atoms with van der Waals surface area (Å²) in [5, 5.41) is 3.31. The van der Waals surface area contributed by atoms with Crippen molar-refractivity contribution in [1.82, 2.24) is 14.5 Å². The van der Waals surface area contributed by atoms with Gasteiger partial charge in [-0.15, -0.1) is 0 Å². The predicted molar refractivity (Wildman–Crippen MR) is 79.8 cm³/mol. The van der Waals surface area contributed by atoms with E-state index in [9.17, 15) is 8.42 Å². The average Bonchev–Trinajstić information content (AvgIpc) is 2.38. The van der Waals surface area contributed by atoms with Gasteiger partial charge in [0.05, 0.1) is 5.75 Å². The van der Waals surface area contributed by atoms with Gasteiger partial charge in [-0.25, -0.2) is 8.42 Å². The van der Waals surface area contributed by atoms with Crippen LogP contribution >= 0.6 is 0 Å². The Hall–Kier alpha value is -0.170. The zero-order valence-corrected chi connectivity index (χ0v) is 13.4. The third-order valence-corrected chi connectivity index (χ3v) is 5.51. The molecule has 0 aromatic rings. The average molecular weight is 291 g/mol. The van der Waals surface area contributed by atoms with Gasteiger partial charge in [0, 0.05) is 32.2 Å². The van der Waals surface area contributed by atoms with Crippen molar-refractivity contribution in [2.45, 2.75) is 39.7 Å². The van der Waals surface area contributed by atoms with Crippen LogP contribution < -0.4 is 5.32 Å². The Labute approximate surface area is 118 Å². The molecule has 1 fully saturated rings. The fourth-order valence-electron chi connectivity index (χ4n) is 2.25. The second kappa shape index (κ2) is 8.19. The highest BCUT2D eigenvalue weighted by atomic mass is 32.2. The van der Waals surface area contributed by atoms with Crippen molar-refractivity contribution in [1.29, 1.82) is 0 Å². The maximum absolute atomic E-state index is 12.2. The van der Waals surface area contributed by atoms with Crippen molar-refractivity contribution in [3.8, 4) is 0 Å². The Morgan fingerprint density at radius 2 is 1.74 bits per heavy atom. The van der Waals surface area contributed by atoms with Crippen molar-refractivity contribution >= 4 is 10.0 Å². The number of sulfonamides is 1. The van der Waals surface area contributed by atoms with Crippen molar-refractivity contribution in [2.24, 2.45) is 0 Å². The van der Waals surface area contributed by atoms with Crippen LogP contribution in [0.25, 0.3) is 0 Å². The molecule has 0 amide bonds. The minimum atomic E-state index is -3.04. The number of hydrogen-bond donors (Lipinski definition) is 1. The van der Waals surface area contributed by atoms with Gasteiger partial charge in [0.2, 0.25) is 10.0 Å². The molecular formula is C13H29N3O2S. The SMILES string of the molecule is CCN1CCN(S(=O)(=O)CCCCNC(C)C)CC1. The lowest BCUT2D eigenvalue weighted by atomic mass is 10.3. The summed E-state index contributed by atoms with van der Waals surface area (Å²) >= 11 is 0. The summed E-state index contributed by atoms with van der Waals surface area (Å²) in [6.45, 7) is 11.3. The zero-order chi connectivity index (χ0) is 14.3. The molecule has 5 nitrogen and oxygen atoms in total. The second-order valence-corrected chi connectivity index (χ2v) is 7.55. The molecule has 0 atom stereocenters. The van der Waals surface area contributed by atoms with Crippen molar-refractivity contribution in [2.75, 3.05) is 45.0 Å². The lowest BCUT2D eigenvalue weighted by Crippen LogP contribution is -2.49. The highest BCUT2D eigenvalue weighted by Gasteiger charge is 2.25. The molecule has 6 heteroatoms. The van der Waals surface area contributed by atoms with Gasteiger partial charge in [0.25, 0.3) is 0 Å². The van der Waals surface area contributed by atoms with Gasteiger partial charge in [-0.05, 0) is 25.9 Å². The van der Waals surface area contributed by atoms with Crippen molar-refractivity contribution in [3.05, 3.63) is 0 Å². The fraction of sp³-hybridized carbons (Fsp3) is 1.00. The standard InChI is InChI=1S/C13H29N3O2S/c1-4-15-8-10-16(11-9-15)19(17,18)12-6-5-7-14-13(2)3/h13-14H,4-12H2,1-3H3. The highest BCUT2D eigenvalue weighted by molar-refractivity contribution is 7.89. The highest BCUT2D eigenvalue weighted by Crippen LogP contribution is 2.09. The summed E-state index contributed by atoms with van der Waals surface area (Å²) < 4.78 is 26.0. The number of likely N-dealkylation sites (N-methyl/N-ethyl adjacent to an activating group) is 1. The Bertz CT molecular complexity index is 336. The lowest BCUT2D eigenvalue weighted by molar-refractivity contribution is 0.196. The topological polar surface area (TPSA) is 52.7 Å². The third kappa shape index (κ3) is 6.21. The number of hydrogen-bond acceptors (Lipinski definition) is 4. The number of piperazine rings is 1. The molecule has 0 aromatic carbocycles. The van der Waals surface area contributed by atoms with E-state index in [1.54, 1.807) is 4.31 Å². The Morgan fingerprint density at radius 1 is 1.11 bits per heavy atom. The van der Waals surface area contributed by atoms with Gasteiger partial charge >= 0.3 is 0 Å². The van der Waals surface area contributed by atoms with Gasteiger partial charge < -0.3 is 10.2 Å². The molecule has 0 unspecified atom stereocenters. The summed E-state index contributed by atoms with van der Waals surface area (Å²) in [5.41, 5.74) is 0. The molecule has 0 aromatic heterocycles. The van der Waals surface area contributed by atoms with Gasteiger partial charge in [-0.2, -0.15) is 4.31 Å². The first kappa shape index (κ1) is 16.9. The molecule has 0 spiro atoms. The van der Waals surface area contributed by atoms with Gasteiger partial charge in [0.1, 0.15) is 0 Å². The van der Waals surface area contributed by atoms with Crippen LogP contribution in [0.5, 0.6) is 0 Å². The normalized spacial score (nSPS) is 19.2. The number of rotatable bonds is 8. The maximum atomic E-state index is 12.2. The molecule has 0 bridgehead atoms. The molecule has 114 valence electrons. The molecule has 1 N–H and O–H groups in total. The van der Waals surface area contributed by atoms with E-state index in [0.717, 1.165) is 39.0 Å². The second-order valence-electron chi connectivity index (χ2n) is 5.47. The first-order valence-corrected chi connectivity index (χ1v) is 9.00. The summed E-state index contributed by atoms with van der Waals surface area (Å²) in [5.74, 6) is 0.291. The lowest BCUT2D eigenvalue weighted by Gasteiger charge is -2.33. The number of nitrogens with one attached hydrogen (secondary N) is 1. The van der Waals surface area contributed by atoms with Crippen LogP contribution in [-0.4, -0.2) is 68.7 Å². The Kier molecular flexibility index (Phi) is 7.28. The van der Waals surface area contributed by atoms with E-state index in [1.165, 1.54) is 0 Å². The zero-order valence-electron chi connectivity index (χ0n) is 12.6. The number of unbranched alkanes of at least 4 members (excludes halogenated alkanes) is 1. The first-order valence-electron chi connectivity index (χ1n) is 7.39. The Morgan fingerprint density at radius 3 is 2.26 bits per heavy atom. The minimum absolute atomic E-state index is 0.291. The van der Waals surface area contributed by atoms with E-state index in [1.807, 2.05) is 0 Å². The molecule has 1 rings (SSSR count). The van der Waals surface area contributed by atoms with Crippen LogP contribution in [0, 0.1) is 0 Å². The van der Waals surface area contributed by atoms with Gasteiger partial charge in [0.15, 0.2) is 0 Å². The molecule has 19 heavy (non-hydrogen) atoms. The molecule has 0 saturated carbocycles. The summed E-state index contributed by atoms with van der Waals surface area (Å²) in [7, 11) is -3.04. The van der Waals surface area contributed by atoms with E-state index in [0.29, 0.717) is 24.9 Å². The quantitative estimate of drug-likeness (QED) is 0.670. The van der Waals surface area contributed by atoms with Crippen LogP contribution in [0.3, 0.4) is 0 Å². The van der Waals surface area contributed by atoms with Crippen LogP contribution in [0.15, 0.2) is 0 Å². The predicted octanol–water partition coefficient (Wildman–Crippen LogP) is 0.732. The fourth-order valence-corrected chi connectivity index (χ4v) is 3.80. The van der Waals surface area contributed by atoms with Gasteiger partial charge in [-0.1, -0.05) is 20.8 Å². The van der Waals surface area contributed by atoms with E-state index >= 15 is 0 Å². The van der Waals surface area contributed by atoms with Crippen LogP contribution in [-0.2, 0) is 10.0 Å². The molecule has 1 aliphatic heterocycles. The van der Waals surface area contributed by atoms with E-state index < -0.39 is 10.0 Å². The largest absolute Gasteiger partial charge is 0.315 e. The summed E-state index contributed by atoms with van der Waals surface area (Å²) in [6, 6.07) is 0.471. The molecule has 0 aliphatic carbocycles. The Balaban J connectivity index is 2.24. The molecule has 1 aliphatic rings. The third-order valence-electron chi connectivity index (χ3n) is 3.55. The minimum Gasteiger partial charge on any atom is -0.315 e. The van der Waals surface area contributed by atoms with Crippen molar-refractivity contribution < 1.29 is 8.42 Å². The molecule has 0 radical (unpaired) electrons. The summed E-state index contributed by atoms with van der Waals surface area (Å²) in [6.07, 6.45) is 1.67. The monoisotopic (exact) mass is 291 g/mol. The first-order chi connectivity index (χ1) is 8.95. The van der Waals surface area contributed by atoms with E-state index in [2.05, 4.69) is 31.0 Å². The van der Waals surface area contributed by atoms with Crippen LogP contribution in [0.1, 0.15) is 33.6 Å². The van der Waals surface area contributed by atoms with Crippen LogP contribution in [0.4, 0.5) is 0 Å². The molecular weight excluding hydrogens is 262 g/mol. The number of nitrogens with zero attached hydrogens (tertiary/aromatic N) is 2. The maximum Gasteiger partial charge on any atom is 0.214 e. The smallest absolute Gasteiger partial charge is 0.214 e. The van der Waals surface area contributed by atoms with Crippen LogP contribution in [0.2, 0.25) is 0 Å². The van der Waals surface area contributed by atoms with Gasteiger partial charge in [-0.3, -0.25) is 0 Å². The van der Waals surface area contributed by atoms with E-state index in [-0.39, 0.29) is 0 Å². The summed E-state index contributed by atoms with van der Waals surface area (Å²) in [4.78, 5) is 2.29. The molecule has 1 heterocycles. The van der Waals surface area contributed by atoms with Crippen molar-refractivity contribution in [3.63, 3.8) is 0 Å².